The van der Waals surface area contributed by atoms with Crippen molar-refractivity contribution < 1.29 is 19.7 Å². The Bertz CT molecular complexity index is 641. The summed E-state index contributed by atoms with van der Waals surface area (Å²) in [5.74, 6) is -1.08. The quantitative estimate of drug-likeness (QED) is 0.755. The molecule has 0 amide bonds. The molecule has 0 unspecified atom stereocenters. The third-order valence-electron chi connectivity index (χ3n) is 4.63. The van der Waals surface area contributed by atoms with Gasteiger partial charge in [-0.2, -0.15) is 0 Å². The molecule has 0 aliphatic carbocycles. The van der Waals surface area contributed by atoms with E-state index in [-0.39, 0.29) is 17.6 Å². The molecule has 1 aromatic carbocycles. The minimum atomic E-state index is -1.10. The Morgan fingerprint density at radius 1 is 1.33 bits per heavy atom. The molecule has 3 rings (SSSR count). The van der Waals surface area contributed by atoms with Crippen LogP contribution in [-0.4, -0.2) is 28.7 Å². The number of aliphatic hydroxyl groups excluding tert-OH is 1. The maximum atomic E-state index is 11.8. The Balaban J connectivity index is 2.14. The molecule has 0 radical (unpaired) electrons. The number of ether oxygens (including phenoxy) is 2. The monoisotopic (exact) mass is 292 g/mol. The second-order valence-corrected chi connectivity index (χ2v) is 6.23. The van der Waals surface area contributed by atoms with Crippen molar-refractivity contribution in [1.82, 2.24) is 0 Å². The first-order valence-corrected chi connectivity index (χ1v) is 7.23. The van der Waals surface area contributed by atoms with Gasteiger partial charge in [0.05, 0.1) is 6.61 Å². The molecule has 0 aromatic heterocycles. The SMILES string of the molecule is Cc1cc(O)c(=O)cc2c1C[C@H](C)[C@]1(OC[C@H](C)[C@@H]1O)O2. The Hall–Kier alpha value is -1.59. The molecule has 2 aliphatic heterocycles. The van der Waals surface area contributed by atoms with Crippen LogP contribution in [0, 0.1) is 18.8 Å². The Kier molecular flexibility index (Phi) is 3.22. The average Bonchev–Trinajstić information content (AvgIpc) is 2.66. The molecule has 21 heavy (non-hydrogen) atoms. The van der Waals surface area contributed by atoms with E-state index in [0.29, 0.717) is 18.8 Å². The van der Waals surface area contributed by atoms with Crippen molar-refractivity contribution in [1.29, 1.82) is 0 Å². The first-order valence-electron chi connectivity index (χ1n) is 7.23. The smallest absolute Gasteiger partial charge is 0.239 e. The highest BCUT2D eigenvalue weighted by Crippen LogP contribution is 2.45. The van der Waals surface area contributed by atoms with Crippen LogP contribution in [0.4, 0.5) is 0 Å². The highest BCUT2D eigenvalue weighted by molar-refractivity contribution is 5.44. The zero-order valence-electron chi connectivity index (χ0n) is 12.4. The summed E-state index contributed by atoms with van der Waals surface area (Å²) in [4.78, 5) is 11.8. The minimum absolute atomic E-state index is 0.0207. The first kappa shape index (κ1) is 14.4. The Morgan fingerprint density at radius 2 is 2.05 bits per heavy atom. The van der Waals surface area contributed by atoms with Gasteiger partial charge in [0.2, 0.25) is 11.2 Å². The molecule has 4 atom stereocenters. The van der Waals surface area contributed by atoms with Crippen molar-refractivity contribution in [3.05, 3.63) is 33.5 Å². The number of hydrogen-bond acceptors (Lipinski definition) is 5. The lowest BCUT2D eigenvalue weighted by atomic mass is 9.83. The topological polar surface area (TPSA) is 76.0 Å². The molecule has 2 N–H and O–H groups in total. The molecular formula is C16H20O5. The Labute approximate surface area is 123 Å². The van der Waals surface area contributed by atoms with Crippen molar-refractivity contribution in [3.63, 3.8) is 0 Å². The zero-order chi connectivity index (χ0) is 15.4. The van der Waals surface area contributed by atoms with Gasteiger partial charge in [-0.1, -0.05) is 13.8 Å². The van der Waals surface area contributed by atoms with Crippen molar-refractivity contribution >= 4 is 0 Å². The van der Waals surface area contributed by atoms with Crippen LogP contribution in [-0.2, 0) is 11.2 Å². The van der Waals surface area contributed by atoms with E-state index >= 15 is 0 Å². The fourth-order valence-electron chi connectivity index (χ4n) is 3.27. The molecule has 1 spiro atoms. The van der Waals surface area contributed by atoms with Gasteiger partial charge in [0.25, 0.3) is 0 Å². The maximum Gasteiger partial charge on any atom is 0.239 e. The van der Waals surface area contributed by atoms with E-state index in [9.17, 15) is 15.0 Å². The fraction of sp³-hybridized carbons (Fsp3) is 0.562. The summed E-state index contributed by atoms with van der Waals surface area (Å²) in [6.07, 6.45) is -0.117. The van der Waals surface area contributed by atoms with Gasteiger partial charge >= 0.3 is 0 Å². The summed E-state index contributed by atoms with van der Waals surface area (Å²) in [5, 5.41) is 20.1. The van der Waals surface area contributed by atoms with E-state index < -0.39 is 17.3 Å². The first-order chi connectivity index (χ1) is 9.85. The molecule has 5 heteroatoms. The molecule has 2 heterocycles. The number of aliphatic hydroxyl groups is 1. The number of rotatable bonds is 0. The van der Waals surface area contributed by atoms with E-state index in [4.69, 9.17) is 9.47 Å². The summed E-state index contributed by atoms with van der Waals surface area (Å²) < 4.78 is 11.7. The normalized spacial score (nSPS) is 34.6. The molecule has 1 aromatic rings. The predicted molar refractivity (Wildman–Crippen MR) is 76.5 cm³/mol. The van der Waals surface area contributed by atoms with E-state index in [2.05, 4.69) is 0 Å². The molecule has 1 saturated heterocycles. The average molecular weight is 292 g/mol. The van der Waals surface area contributed by atoms with Gasteiger partial charge in [-0.15, -0.1) is 0 Å². The van der Waals surface area contributed by atoms with Crippen LogP contribution in [0.25, 0.3) is 0 Å². The van der Waals surface area contributed by atoms with E-state index in [0.717, 1.165) is 11.1 Å². The molecule has 5 nitrogen and oxygen atoms in total. The summed E-state index contributed by atoms with van der Waals surface area (Å²) in [5.41, 5.74) is 1.18. The fourth-order valence-corrected chi connectivity index (χ4v) is 3.27. The second-order valence-electron chi connectivity index (χ2n) is 6.23. The van der Waals surface area contributed by atoms with Gasteiger partial charge < -0.3 is 19.7 Å². The minimum Gasteiger partial charge on any atom is -0.504 e. The number of hydrogen-bond donors (Lipinski definition) is 2. The molecule has 0 bridgehead atoms. The number of fused-ring (bicyclic) bond motifs is 1. The van der Waals surface area contributed by atoms with E-state index in [1.807, 2.05) is 20.8 Å². The van der Waals surface area contributed by atoms with Crippen LogP contribution in [0.15, 0.2) is 16.9 Å². The van der Waals surface area contributed by atoms with Gasteiger partial charge in [0.15, 0.2) is 5.75 Å². The van der Waals surface area contributed by atoms with Crippen molar-refractivity contribution in [2.45, 2.75) is 39.1 Å². The highest BCUT2D eigenvalue weighted by Gasteiger charge is 2.55. The Morgan fingerprint density at radius 3 is 2.67 bits per heavy atom. The lowest BCUT2D eigenvalue weighted by Crippen LogP contribution is -2.54. The van der Waals surface area contributed by atoms with Crippen LogP contribution in [0.3, 0.4) is 0 Å². The van der Waals surface area contributed by atoms with Crippen LogP contribution >= 0.6 is 0 Å². The second kappa shape index (κ2) is 4.71. The lowest BCUT2D eigenvalue weighted by molar-refractivity contribution is -0.231. The molecule has 2 aliphatic rings. The van der Waals surface area contributed by atoms with Gasteiger partial charge in [0, 0.05) is 17.9 Å². The van der Waals surface area contributed by atoms with Crippen LogP contribution in [0.5, 0.6) is 11.5 Å². The summed E-state index contributed by atoms with van der Waals surface area (Å²) in [6.45, 7) is 6.13. The third kappa shape index (κ3) is 2.03. The van der Waals surface area contributed by atoms with Crippen molar-refractivity contribution in [3.8, 4) is 11.5 Å². The van der Waals surface area contributed by atoms with Crippen LogP contribution in [0.2, 0.25) is 0 Å². The van der Waals surface area contributed by atoms with Crippen molar-refractivity contribution in [2.75, 3.05) is 6.61 Å². The third-order valence-corrected chi connectivity index (χ3v) is 4.63. The van der Waals surface area contributed by atoms with Gasteiger partial charge in [-0.25, -0.2) is 0 Å². The van der Waals surface area contributed by atoms with E-state index in [1.54, 1.807) is 0 Å². The van der Waals surface area contributed by atoms with Gasteiger partial charge in [0.1, 0.15) is 11.9 Å². The molecule has 1 fully saturated rings. The summed E-state index contributed by atoms with van der Waals surface area (Å²) in [7, 11) is 0. The van der Waals surface area contributed by atoms with Crippen LogP contribution < -0.4 is 10.2 Å². The summed E-state index contributed by atoms with van der Waals surface area (Å²) >= 11 is 0. The maximum absolute atomic E-state index is 11.8. The van der Waals surface area contributed by atoms with Crippen LogP contribution in [0.1, 0.15) is 25.0 Å². The van der Waals surface area contributed by atoms with Gasteiger partial charge in [-0.3, -0.25) is 4.79 Å². The zero-order valence-corrected chi connectivity index (χ0v) is 12.4. The van der Waals surface area contributed by atoms with E-state index in [1.165, 1.54) is 12.1 Å². The number of aryl methyl sites for hydroxylation is 1. The van der Waals surface area contributed by atoms with Crippen molar-refractivity contribution in [2.24, 2.45) is 11.8 Å². The largest absolute Gasteiger partial charge is 0.504 e. The molecule has 114 valence electrons. The lowest BCUT2D eigenvalue weighted by Gasteiger charge is -2.42. The number of aromatic hydroxyl groups is 1. The standard InChI is InChI=1S/C16H20O5/c1-8-4-12(17)13(18)6-14-11(8)5-10(3)16(21-14)15(19)9(2)7-20-16/h4,6,9-10,15,19H,5,7H2,1-3H3,(H,17,18)/t9-,10-,15-,16-/m0/s1. The van der Waals surface area contributed by atoms with Gasteiger partial charge in [-0.05, 0) is 30.5 Å². The molecular weight excluding hydrogens is 272 g/mol. The molecule has 0 saturated carbocycles. The predicted octanol–water partition coefficient (Wildman–Crippen LogP) is 1.36. The summed E-state index contributed by atoms with van der Waals surface area (Å²) in [6, 6.07) is 2.74. The highest BCUT2D eigenvalue weighted by atomic mass is 16.7.